The first-order chi connectivity index (χ1) is 9.19. The van der Waals surface area contributed by atoms with Crippen molar-refractivity contribution >= 4 is 10.9 Å². The normalized spacial score (nSPS) is 11.6. The molecule has 0 aliphatic carbocycles. The highest BCUT2D eigenvalue weighted by Crippen LogP contribution is 2.25. The Kier molecular flexibility index (Phi) is 4.52. The fraction of sp³-hybridized carbons (Fsp3) is 0.429. The van der Waals surface area contributed by atoms with Crippen molar-refractivity contribution in [3.63, 3.8) is 0 Å². The van der Waals surface area contributed by atoms with E-state index in [0.29, 0.717) is 18.8 Å². The Labute approximate surface area is 111 Å². The third kappa shape index (κ3) is 2.94. The monoisotopic (exact) mass is 266 g/mol. The number of ether oxygens (including phenoxy) is 2. The Morgan fingerprint density at radius 3 is 2.47 bits per heavy atom. The predicted octanol–water partition coefficient (Wildman–Crippen LogP) is 2.84. The standard InChI is InChI=1S/C14H19FN2O2/c1-3-18-14(19-4-2)13-6-9-5-11(15)10(8-16)7-12(9)17-13/h5-7,14,17H,3-4,8,16H2,1-2H3. The molecule has 4 nitrogen and oxygen atoms in total. The number of aromatic amines is 1. The summed E-state index contributed by atoms with van der Waals surface area (Å²) in [5, 5.41) is 0.786. The molecule has 0 radical (unpaired) electrons. The van der Waals surface area contributed by atoms with Gasteiger partial charge >= 0.3 is 0 Å². The highest BCUT2D eigenvalue weighted by molar-refractivity contribution is 5.81. The maximum atomic E-state index is 13.7. The van der Waals surface area contributed by atoms with E-state index in [1.165, 1.54) is 6.07 Å². The topological polar surface area (TPSA) is 60.3 Å². The molecular weight excluding hydrogens is 247 g/mol. The van der Waals surface area contributed by atoms with Crippen LogP contribution < -0.4 is 5.73 Å². The number of benzene rings is 1. The zero-order valence-electron chi connectivity index (χ0n) is 11.2. The molecule has 0 amide bonds. The van der Waals surface area contributed by atoms with Crippen LogP contribution in [0.25, 0.3) is 10.9 Å². The zero-order chi connectivity index (χ0) is 13.8. The summed E-state index contributed by atoms with van der Waals surface area (Å²) < 4.78 is 24.7. The zero-order valence-corrected chi connectivity index (χ0v) is 11.2. The number of hydrogen-bond donors (Lipinski definition) is 2. The van der Waals surface area contributed by atoms with Gasteiger partial charge in [-0.25, -0.2) is 4.39 Å². The summed E-state index contributed by atoms with van der Waals surface area (Å²) in [7, 11) is 0. The summed E-state index contributed by atoms with van der Waals surface area (Å²) in [5.41, 5.74) is 7.61. The number of H-pyrrole nitrogens is 1. The van der Waals surface area contributed by atoms with Crippen molar-refractivity contribution in [2.45, 2.75) is 26.7 Å². The maximum Gasteiger partial charge on any atom is 0.198 e. The molecule has 104 valence electrons. The molecule has 0 fully saturated rings. The molecule has 3 N–H and O–H groups in total. The highest BCUT2D eigenvalue weighted by Gasteiger charge is 2.15. The lowest BCUT2D eigenvalue weighted by atomic mass is 10.1. The summed E-state index contributed by atoms with van der Waals surface area (Å²) in [4.78, 5) is 3.20. The predicted molar refractivity (Wildman–Crippen MR) is 72.1 cm³/mol. The minimum atomic E-state index is -0.452. The van der Waals surface area contributed by atoms with Gasteiger partial charge in [-0.2, -0.15) is 0 Å². The molecule has 0 aliphatic rings. The van der Waals surface area contributed by atoms with Crippen LogP contribution in [0.3, 0.4) is 0 Å². The fourth-order valence-electron chi connectivity index (χ4n) is 2.03. The van der Waals surface area contributed by atoms with Crippen molar-refractivity contribution < 1.29 is 13.9 Å². The van der Waals surface area contributed by atoms with Crippen molar-refractivity contribution in [2.75, 3.05) is 13.2 Å². The van der Waals surface area contributed by atoms with Crippen LogP contribution in [0.15, 0.2) is 18.2 Å². The molecule has 0 saturated heterocycles. The first-order valence-electron chi connectivity index (χ1n) is 6.43. The number of hydrogen-bond acceptors (Lipinski definition) is 3. The van der Waals surface area contributed by atoms with Crippen molar-refractivity contribution in [3.8, 4) is 0 Å². The molecule has 19 heavy (non-hydrogen) atoms. The van der Waals surface area contributed by atoms with Crippen LogP contribution in [0.4, 0.5) is 4.39 Å². The minimum Gasteiger partial charge on any atom is -0.354 e. The molecule has 0 spiro atoms. The van der Waals surface area contributed by atoms with Crippen LogP contribution in [0.5, 0.6) is 0 Å². The number of nitrogens with one attached hydrogen (secondary N) is 1. The number of aromatic nitrogens is 1. The SMILES string of the molecule is CCOC(OCC)c1cc2cc(F)c(CN)cc2[nH]1. The largest absolute Gasteiger partial charge is 0.354 e. The molecule has 0 saturated carbocycles. The van der Waals surface area contributed by atoms with Crippen molar-refractivity contribution in [2.24, 2.45) is 5.73 Å². The van der Waals surface area contributed by atoms with E-state index in [1.807, 2.05) is 19.9 Å². The van der Waals surface area contributed by atoms with E-state index in [1.54, 1.807) is 6.07 Å². The van der Waals surface area contributed by atoms with Gasteiger partial charge in [0.2, 0.25) is 0 Å². The molecule has 1 aromatic heterocycles. The quantitative estimate of drug-likeness (QED) is 0.790. The van der Waals surface area contributed by atoms with Crippen LogP contribution in [-0.2, 0) is 16.0 Å². The third-order valence-corrected chi connectivity index (χ3v) is 2.92. The van der Waals surface area contributed by atoms with Crippen LogP contribution >= 0.6 is 0 Å². The van der Waals surface area contributed by atoms with Crippen LogP contribution in [0.1, 0.15) is 31.4 Å². The Bertz CT molecular complexity index is 548. The van der Waals surface area contributed by atoms with E-state index < -0.39 is 6.29 Å². The van der Waals surface area contributed by atoms with Gasteiger partial charge in [0.1, 0.15) is 5.82 Å². The first kappa shape index (κ1) is 14.0. The van der Waals surface area contributed by atoms with Gasteiger partial charge in [-0.05, 0) is 32.0 Å². The van der Waals surface area contributed by atoms with E-state index in [0.717, 1.165) is 16.6 Å². The Morgan fingerprint density at radius 1 is 1.21 bits per heavy atom. The smallest absolute Gasteiger partial charge is 0.198 e. The van der Waals surface area contributed by atoms with Gasteiger partial charge in [-0.15, -0.1) is 0 Å². The molecule has 0 aliphatic heterocycles. The van der Waals surface area contributed by atoms with Crippen molar-refractivity contribution in [1.82, 2.24) is 4.98 Å². The molecule has 0 atom stereocenters. The molecule has 0 bridgehead atoms. The molecule has 0 unspecified atom stereocenters. The minimum absolute atomic E-state index is 0.177. The average molecular weight is 266 g/mol. The summed E-state index contributed by atoms with van der Waals surface area (Å²) in [6.07, 6.45) is -0.452. The average Bonchev–Trinajstić information content (AvgIpc) is 2.80. The van der Waals surface area contributed by atoms with E-state index >= 15 is 0 Å². The third-order valence-electron chi connectivity index (χ3n) is 2.92. The fourth-order valence-corrected chi connectivity index (χ4v) is 2.03. The molecule has 5 heteroatoms. The molecular formula is C14H19FN2O2. The van der Waals surface area contributed by atoms with Gasteiger partial charge in [0.25, 0.3) is 0 Å². The maximum absolute atomic E-state index is 13.7. The summed E-state index contributed by atoms with van der Waals surface area (Å²) >= 11 is 0. The second-order valence-electron chi connectivity index (χ2n) is 4.20. The van der Waals surface area contributed by atoms with Crippen LogP contribution in [0, 0.1) is 5.82 Å². The van der Waals surface area contributed by atoms with Gasteiger partial charge in [0.05, 0.1) is 5.69 Å². The van der Waals surface area contributed by atoms with Gasteiger partial charge in [0.15, 0.2) is 6.29 Å². The van der Waals surface area contributed by atoms with E-state index in [2.05, 4.69) is 4.98 Å². The lowest BCUT2D eigenvalue weighted by Crippen LogP contribution is -2.08. The number of fused-ring (bicyclic) bond motifs is 1. The second kappa shape index (κ2) is 6.14. The van der Waals surface area contributed by atoms with E-state index in [-0.39, 0.29) is 12.4 Å². The Hall–Kier alpha value is -1.43. The van der Waals surface area contributed by atoms with Crippen molar-refractivity contribution in [3.05, 3.63) is 35.3 Å². The van der Waals surface area contributed by atoms with Gasteiger partial charge < -0.3 is 20.2 Å². The van der Waals surface area contributed by atoms with Crippen LogP contribution in [0.2, 0.25) is 0 Å². The Morgan fingerprint density at radius 2 is 1.89 bits per heavy atom. The molecule has 2 aromatic rings. The van der Waals surface area contributed by atoms with E-state index in [4.69, 9.17) is 15.2 Å². The number of nitrogens with two attached hydrogens (primary N) is 1. The van der Waals surface area contributed by atoms with Gasteiger partial charge in [0, 0.05) is 36.2 Å². The highest BCUT2D eigenvalue weighted by atomic mass is 19.1. The van der Waals surface area contributed by atoms with Gasteiger partial charge in [-0.3, -0.25) is 0 Å². The number of rotatable bonds is 6. The summed E-state index contributed by atoms with van der Waals surface area (Å²) in [6, 6.07) is 5.05. The number of halogens is 1. The van der Waals surface area contributed by atoms with Gasteiger partial charge in [-0.1, -0.05) is 0 Å². The first-order valence-corrected chi connectivity index (χ1v) is 6.43. The van der Waals surface area contributed by atoms with Crippen LogP contribution in [-0.4, -0.2) is 18.2 Å². The van der Waals surface area contributed by atoms with E-state index in [9.17, 15) is 4.39 Å². The lowest BCUT2D eigenvalue weighted by molar-refractivity contribution is -0.142. The molecule has 1 aromatic carbocycles. The summed E-state index contributed by atoms with van der Waals surface area (Å²) in [5.74, 6) is -0.287. The second-order valence-corrected chi connectivity index (χ2v) is 4.20. The Balaban J connectivity index is 2.39. The lowest BCUT2D eigenvalue weighted by Gasteiger charge is -2.15. The van der Waals surface area contributed by atoms with Crippen molar-refractivity contribution in [1.29, 1.82) is 0 Å². The molecule has 2 rings (SSSR count). The summed E-state index contributed by atoms with van der Waals surface area (Å²) in [6.45, 7) is 5.07. The molecule has 1 heterocycles.